The van der Waals surface area contributed by atoms with Crippen molar-refractivity contribution in [2.45, 2.75) is 89.4 Å². The van der Waals surface area contributed by atoms with Crippen LogP contribution < -0.4 is 10.6 Å². The smallest absolute Gasteiger partial charge is 0.250 e. The third kappa shape index (κ3) is 7.60. The van der Waals surface area contributed by atoms with Crippen LogP contribution in [0.4, 0.5) is 0 Å². The zero-order valence-electron chi connectivity index (χ0n) is 22.9. The summed E-state index contributed by atoms with van der Waals surface area (Å²) in [5.41, 5.74) is 0.976. The van der Waals surface area contributed by atoms with Gasteiger partial charge in [0.2, 0.25) is 17.7 Å². The normalized spacial score (nSPS) is 25.6. The number of nitrogens with one attached hydrogen (secondary N) is 2. The Morgan fingerprint density at radius 3 is 2.53 bits per heavy atom. The lowest BCUT2D eigenvalue weighted by molar-refractivity contribution is -0.133. The fourth-order valence-electron chi connectivity index (χ4n) is 6.04. The van der Waals surface area contributed by atoms with Crippen LogP contribution >= 0.6 is 0 Å². The van der Waals surface area contributed by atoms with Gasteiger partial charge in [-0.05, 0) is 63.5 Å². The fraction of sp³-hybridized carbons (Fsp3) is 0.600. The number of allylic oxidation sites excluding steroid dienone is 1. The second kappa shape index (κ2) is 12.3. The molecule has 1 aliphatic carbocycles. The molecule has 1 saturated heterocycles. The Balaban J connectivity index is 1.53. The molecule has 1 aromatic rings. The largest absolute Gasteiger partial charge is 0.390 e. The van der Waals surface area contributed by atoms with E-state index in [9.17, 15) is 19.5 Å². The number of fused-ring (bicyclic) bond motifs is 1. The highest BCUT2D eigenvalue weighted by Gasteiger charge is 2.41. The summed E-state index contributed by atoms with van der Waals surface area (Å²) < 4.78 is 0. The van der Waals surface area contributed by atoms with E-state index in [-0.39, 0.29) is 42.3 Å². The van der Waals surface area contributed by atoms with Crippen LogP contribution in [0.5, 0.6) is 0 Å². The van der Waals surface area contributed by atoms with Crippen LogP contribution in [0.2, 0.25) is 0 Å². The second-order valence-electron chi connectivity index (χ2n) is 12.1. The molecule has 206 valence electrons. The Labute approximate surface area is 226 Å². The summed E-state index contributed by atoms with van der Waals surface area (Å²) in [5, 5.41) is 17.7. The maximum Gasteiger partial charge on any atom is 0.250 e. The number of likely N-dealkylation sites (tertiary alicyclic amines) is 1. The lowest BCUT2D eigenvalue weighted by Crippen LogP contribution is -2.60. The van der Waals surface area contributed by atoms with Gasteiger partial charge < -0.3 is 15.7 Å². The van der Waals surface area contributed by atoms with Crippen molar-refractivity contribution in [2.24, 2.45) is 16.8 Å². The lowest BCUT2D eigenvalue weighted by Gasteiger charge is -2.47. The zero-order chi connectivity index (χ0) is 27.3. The maximum absolute atomic E-state index is 13.4. The highest BCUT2D eigenvalue weighted by molar-refractivity contribution is 6.06. The van der Waals surface area contributed by atoms with Crippen molar-refractivity contribution in [3.8, 4) is 0 Å². The molecule has 8 nitrogen and oxygen atoms in total. The standard InChI is InChI=1S/C30H42N4O4/c1-30(2,3)33-29(38)25-16-21-11-7-8-12-23(21)18-34(25)19-26(35)24(15-20-9-5-4-6-10-20)32-28(37)22-13-14-31-27(36)17-22/h4-6,9-10,13-14,21,23-26,35H,7-8,11-12,15-19H2,1-3H3,(H,32,37)(H,33,38)/t21-,23+,24-,25-,26-/m0/s1. The first kappa shape index (κ1) is 28.2. The molecule has 3 aliphatic rings. The number of aliphatic hydroxyl groups is 1. The molecule has 38 heavy (non-hydrogen) atoms. The number of nitrogens with zero attached hydrogens (tertiary/aromatic N) is 2. The number of β-amino-alcohol motifs (C(OH)–C–C–N with tert-alkyl or cyclic N) is 1. The molecule has 0 radical (unpaired) electrons. The van der Waals surface area contributed by atoms with Crippen molar-refractivity contribution in [1.82, 2.24) is 15.5 Å². The monoisotopic (exact) mass is 522 g/mol. The molecule has 0 bridgehead atoms. The Hall–Kier alpha value is -2.84. The number of piperidine rings is 1. The topological polar surface area (TPSA) is 111 Å². The van der Waals surface area contributed by atoms with Crippen LogP contribution in [0.25, 0.3) is 0 Å². The summed E-state index contributed by atoms with van der Waals surface area (Å²) in [5.74, 6) is 0.320. The quantitative estimate of drug-likeness (QED) is 0.486. The van der Waals surface area contributed by atoms with Crippen molar-refractivity contribution in [3.05, 3.63) is 47.5 Å². The number of rotatable bonds is 8. The van der Waals surface area contributed by atoms with Gasteiger partial charge in [-0.25, -0.2) is 4.99 Å². The van der Waals surface area contributed by atoms with Gasteiger partial charge in [-0.15, -0.1) is 0 Å². The van der Waals surface area contributed by atoms with Gasteiger partial charge in [-0.2, -0.15) is 0 Å². The van der Waals surface area contributed by atoms with E-state index in [0.29, 0.717) is 23.8 Å². The molecule has 1 saturated carbocycles. The molecule has 3 N–H and O–H groups in total. The van der Waals surface area contributed by atoms with E-state index >= 15 is 0 Å². The van der Waals surface area contributed by atoms with Gasteiger partial charge in [0, 0.05) is 30.4 Å². The number of carbonyl (C=O) groups is 3. The predicted octanol–water partition coefficient (Wildman–Crippen LogP) is 2.80. The SMILES string of the molecule is CC(C)(C)NC(=O)[C@@H]1C[C@@H]2CCCC[C@@H]2CN1C[C@H](O)[C@H](Cc1ccccc1)NC(=O)C1=CC=NC(=O)C1. The number of hydrogen-bond acceptors (Lipinski definition) is 5. The third-order valence-corrected chi connectivity index (χ3v) is 7.93. The predicted molar refractivity (Wildman–Crippen MR) is 148 cm³/mol. The van der Waals surface area contributed by atoms with Crippen LogP contribution in [0, 0.1) is 11.8 Å². The summed E-state index contributed by atoms with van der Waals surface area (Å²) >= 11 is 0. The summed E-state index contributed by atoms with van der Waals surface area (Å²) in [6.07, 6.45) is 7.89. The van der Waals surface area contributed by atoms with E-state index in [1.807, 2.05) is 51.1 Å². The molecular weight excluding hydrogens is 480 g/mol. The second-order valence-corrected chi connectivity index (χ2v) is 12.1. The van der Waals surface area contributed by atoms with Crippen molar-refractivity contribution < 1.29 is 19.5 Å². The van der Waals surface area contributed by atoms with Crippen LogP contribution in [0.1, 0.15) is 64.9 Å². The van der Waals surface area contributed by atoms with E-state index in [1.54, 1.807) is 6.08 Å². The first-order valence-electron chi connectivity index (χ1n) is 13.9. The van der Waals surface area contributed by atoms with Gasteiger partial charge in [0.15, 0.2) is 0 Å². The molecule has 2 fully saturated rings. The average Bonchev–Trinajstić information content (AvgIpc) is 2.87. The molecule has 4 rings (SSSR count). The number of dihydropyridines is 1. The van der Waals surface area contributed by atoms with E-state index in [0.717, 1.165) is 31.4 Å². The summed E-state index contributed by atoms with van der Waals surface area (Å²) in [6, 6.07) is 8.82. The van der Waals surface area contributed by atoms with Gasteiger partial charge in [-0.3, -0.25) is 19.3 Å². The van der Waals surface area contributed by atoms with Crippen molar-refractivity contribution >= 4 is 23.9 Å². The minimum atomic E-state index is -0.905. The maximum atomic E-state index is 13.4. The van der Waals surface area contributed by atoms with Crippen LogP contribution in [-0.4, -0.2) is 70.8 Å². The Morgan fingerprint density at radius 2 is 1.84 bits per heavy atom. The Kier molecular flexibility index (Phi) is 9.15. The molecule has 8 heteroatoms. The molecule has 0 spiro atoms. The molecule has 0 unspecified atom stereocenters. The van der Waals surface area contributed by atoms with Crippen LogP contribution in [-0.2, 0) is 20.8 Å². The van der Waals surface area contributed by atoms with Gasteiger partial charge in [0.1, 0.15) is 0 Å². The Morgan fingerprint density at radius 1 is 1.13 bits per heavy atom. The first-order valence-corrected chi connectivity index (χ1v) is 13.9. The molecule has 2 aliphatic heterocycles. The molecule has 1 aromatic carbocycles. The molecule has 5 atom stereocenters. The first-order chi connectivity index (χ1) is 18.1. The van der Waals surface area contributed by atoms with Crippen molar-refractivity contribution in [3.63, 3.8) is 0 Å². The van der Waals surface area contributed by atoms with Gasteiger partial charge in [0.05, 0.1) is 24.6 Å². The average molecular weight is 523 g/mol. The van der Waals surface area contributed by atoms with E-state index in [1.165, 1.54) is 19.1 Å². The minimum absolute atomic E-state index is 0.00234. The number of aliphatic hydroxyl groups excluding tert-OH is 1. The molecule has 3 amide bonds. The summed E-state index contributed by atoms with van der Waals surface area (Å²) in [7, 11) is 0. The van der Waals surface area contributed by atoms with Gasteiger partial charge in [0.25, 0.3) is 0 Å². The zero-order valence-corrected chi connectivity index (χ0v) is 22.9. The molecular formula is C30H42N4O4. The number of amides is 3. The lowest BCUT2D eigenvalue weighted by atomic mass is 9.72. The van der Waals surface area contributed by atoms with Crippen molar-refractivity contribution in [2.75, 3.05) is 13.1 Å². The number of benzene rings is 1. The minimum Gasteiger partial charge on any atom is -0.390 e. The molecule has 2 heterocycles. The number of hydrogen-bond donors (Lipinski definition) is 3. The van der Waals surface area contributed by atoms with E-state index in [4.69, 9.17) is 0 Å². The highest BCUT2D eigenvalue weighted by Crippen LogP contribution is 2.39. The number of carbonyl (C=O) groups excluding carboxylic acids is 3. The summed E-state index contributed by atoms with van der Waals surface area (Å²) in [6.45, 7) is 7.00. The van der Waals surface area contributed by atoms with Gasteiger partial charge >= 0.3 is 0 Å². The Bertz CT molecular complexity index is 1060. The highest BCUT2D eigenvalue weighted by atomic mass is 16.3. The molecule has 0 aromatic heterocycles. The number of aliphatic imine (C=N–C) groups is 1. The van der Waals surface area contributed by atoms with Crippen molar-refractivity contribution in [1.29, 1.82) is 0 Å². The van der Waals surface area contributed by atoms with Crippen LogP contribution in [0.15, 0.2) is 47.0 Å². The van der Waals surface area contributed by atoms with E-state index < -0.39 is 12.1 Å². The fourth-order valence-corrected chi connectivity index (χ4v) is 6.04. The summed E-state index contributed by atoms with van der Waals surface area (Å²) in [4.78, 5) is 44.1. The van der Waals surface area contributed by atoms with Crippen LogP contribution in [0.3, 0.4) is 0 Å². The van der Waals surface area contributed by atoms with Gasteiger partial charge in [-0.1, -0.05) is 49.6 Å². The van der Waals surface area contributed by atoms with E-state index in [2.05, 4.69) is 20.5 Å². The third-order valence-electron chi connectivity index (χ3n) is 7.93.